The second-order valence-electron chi connectivity index (χ2n) is 22.8. The molecule has 80 heavy (non-hydrogen) atoms. The van der Waals surface area contributed by atoms with Gasteiger partial charge in [0.15, 0.2) is 11.5 Å². The van der Waals surface area contributed by atoms with Crippen LogP contribution in [0.4, 0.5) is 4.79 Å². The standard InChI is InChI=1S/C67H97N3O10/c1-4-7-9-11-13-15-17-19-21-28-40-68-66(74)79-54-37-39-59-57(46-54)64-55(34-27-30-42-72)53(33-26-29-41-71)45-56-58(69-78-49-51-31-23-22-24-32-51)47-62(67(80-59,65(56)64)77-43-6-3)70(48-52-36-38-60-61(44-52)76-50-75-60)63(73)35-25-20-18-16-14-12-10-8-5-2/h6,22-24,31-32,36-39,44-46,53,55,62,64-65,71-72H,3-5,7-21,25-30,33-35,40-43,47-50H2,1-2H3,(H,68,74)/t53-,55+,62-,64+,65+,67+/m0/s1. The fourth-order valence-electron chi connectivity index (χ4n) is 12.8. The summed E-state index contributed by atoms with van der Waals surface area (Å²) < 4.78 is 32.7. The zero-order chi connectivity index (χ0) is 56.2. The molecule has 3 aromatic carbocycles. The summed E-state index contributed by atoms with van der Waals surface area (Å²) in [6.07, 6.45) is 30.9. The van der Waals surface area contributed by atoms with Crippen LogP contribution >= 0.6 is 0 Å². The highest BCUT2D eigenvalue weighted by atomic mass is 16.7. The monoisotopic (exact) mass is 1100 g/mol. The first-order chi connectivity index (χ1) is 39.3. The number of hydrogen-bond acceptors (Lipinski definition) is 11. The molecular weight excluding hydrogens is 1010 g/mol. The summed E-state index contributed by atoms with van der Waals surface area (Å²) in [4.78, 5) is 37.4. The third kappa shape index (κ3) is 17.8. The van der Waals surface area contributed by atoms with Crippen molar-refractivity contribution in [3.63, 3.8) is 0 Å². The number of oxime groups is 1. The molecule has 0 aromatic heterocycles. The Hall–Kier alpha value is -5.37. The van der Waals surface area contributed by atoms with E-state index in [4.69, 9.17) is 33.7 Å². The molecule has 0 radical (unpaired) electrons. The quantitative estimate of drug-likeness (QED) is 0.0285. The number of ether oxygens (including phenoxy) is 5. The number of unbranched alkanes of at least 4 members (excludes halogenated alkanes) is 19. The molecule has 440 valence electrons. The zero-order valence-electron chi connectivity index (χ0n) is 48.7. The largest absolute Gasteiger partial charge is 0.459 e. The van der Waals surface area contributed by atoms with Gasteiger partial charge in [-0.25, -0.2) is 4.79 Å². The number of hydrogen-bond donors (Lipinski definition) is 3. The van der Waals surface area contributed by atoms with E-state index in [1.54, 1.807) is 12.1 Å². The molecule has 0 spiro atoms. The topological polar surface area (TPSA) is 158 Å². The van der Waals surface area contributed by atoms with E-state index >= 15 is 4.79 Å². The molecule has 6 atom stereocenters. The molecule has 2 aliphatic carbocycles. The summed E-state index contributed by atoms with van der Waals surface area (Å²) >= 11 is 0. The summed E-state index contributed by atoms with van der Waals surface area (Å²) in [6.45, 7) is 10.1. The molecule has 7 rings (SSSR count). The van der Waals surface area contributed by atoms with Crippen LogP contribution in [0.2, 0.25) is 0 Å². The Balaban J connectivity index is 1.27. The molecule has 1 fully saturated rings. The van der Waals surface area contributed by atoms with Crippen LogP contribution in [0, 0.1) is 17.8 Å². The second kappa shape index (κ2) is 34.2. The number of fused-ring (bicyclic) bond motifs is 3. The first-order valence-electron chi connectivity index (χ1n) is 31.2. The van der Waals surface area contributed by atoms with Gasteiger partial charge >= 0.3 is 6.09 Å². The van der Waals surface area contributed by atoms with Gasteiger partial charge in [0.2, 0.25) is 18.5 Å². The maximum absolute atomic E-state index is 15.5. The van der Waals surface area contributed by atoms with Gasteiger partial charge < -0.3 is 49.0 Å². The number of nitrogens with one attached hydrogen (secondary N) is 1. The van der Waals surface area contributed by atoms with E-state index in [1.807, 2.05) is 65.6 Å². The minimum Gasteiger partial charge on any atom is -0.459 e. The maximum atomic E-state index is 15.5. The summed E-state index contributed by atoms with van der Waals surface area (Å²) in [6, 6.07) is 20.8. The van der Waals surface area contributed by atoms with E-state index in [-0.39, 0.29) is 69.8 Å². The third-order valence-corrected chi connectivity index (χ3v) is 16.9. The van der Waals surface area contributed by atoms with Gasteiger partial charge in [-0.3, -0.25) is 4.79 Å². The summed E-state index contributed by atoms with van der Waals surface area (Å²) in [5.74, 6) is 0.0383. The molecule has 0 saturated heterocycles. The lowest BCUT2D eigenvalue weighted by Crippen LogP contribution is -2.70. The van der Waals surface area contributed by atoms with Crippen molar-refractivity contribution in [1.82, 2.24) is 10.2 Å². The molecule has 13 nitrogen and oxygen atoms in total. The highest BCUT2D eigenvalue weighted by Gasteiger charge is 2.65. The van der Waals surface area contributed by atoms with Crippen LogP contribution in [0.1, 0.15) is 210 Å². The predicted molar refractivity (Wildman–Crippen MR) is 317 cm³/mol. The van der Waals surface area contributed by atoms with Crippen molar-refractivity contribution in [2.45, 2.75) is 218 Å². The Kier molecular flexibility index (Phi) is 26.6. The number of carbonyl (C=O) groups excluding carboxylic acids is 2. The molecule has 4 aliphatic rings. The van der Waals surface area contributed by atoms with Crippen LogP contribution in [0.25, 0.3) is 0 Å². The van der Waals surface area contributed by atoms with E-state index in [0.29, 0.717) is 48.8 Å². The molecule has 2 heterocycles. The van der Waals surface area contributed by atoms with Crippen LogP contribution in [-0.4, -0.2) is 77.8 Å². The lowest BCUT2D eigenvalue weighted by Gasteiger charge is -2.60. The van der Waals surface area contributed by atoms with Crippen molar-refractivity contribution < 1.29 is 48.3 Å². The fraction of sp³-hybridized carbons (Fsp3) is 0.627. The highest BCUT2D eigenvalue weighted by molar-refractivity contribution is 6.03. The highest BCUT2D eigenvalue weighted by Crippen LogP contribution is 2.62. The number of rotatable bonds is 39. The normalized spacial score (nSPS) is 21.0. The third-order valence-electron chi connectivity index (χ3n) is 16.9. The Morgan fingerprint density at radius 1 is 0.738 bits per heavy atom. The number of amides is 2. The van der Waals surface area contributed by atoms with Gasteiger partial charge in [0, 0.05) is 50.6 Å². The van der Waals surface area contributed by atoms with Gasteiger partial charge in [-0.15, -0.1) is 6.58 Å². The first-order valence-corrected chi connectivity index (χ1v) is 31.2. The number of aliphatic hydroxyl groups is 2. The zero-order valence-corrected chi connectivity index (χ0v) is 48.7. The molecular formula is C67H97N3O10. The molecule has 0 bridgehead atoms. The van der Waals surface area contributed by atoms with Gasteiger partial charge in [-0.1, -0.05) is 190 Å². The van der Waals surface area contributed by atoms with Crippen molar-refractivity contribution in [2.75, 3.05) is 33.2 Å². The molecule has 3 aromatic rings. The molecule has 1 saturated carbocycles. The molecule has 2 aliphatic heterocycles. The molecule has 2 amide bonds. The van der Waals surface area contributed by atoms with Crippen molar-refractivity contribution in [3.05, 3.63) is 108 Å². The molecule has 0 unspecified atom stereocenters. The summed E-state index contributed by atoms with van der Waals surface area (Å²) in [5.41, 5.74) is 4.40. The second-order valence-corrected chi connectivity index (χ2v) is 22.8. The number of nitrogens with zero attached hydrogens (tertiary/aromatic N) is 2. The van der Waals surface area contributed by atoms with E-state index in [1.165, 1.54) is 77.0 Å². The van der Waals surface area contributed by atoms with Crippen molar-refractivity contribution >= 4 is 17.7 Å². The fourth-order valence-corrected chi connectivity index (χ4v) is 12.8. The van der Waals surface area contributed by atoms with Crippen molar-refractivity contribution in [1.29, 1.82) is 0 Å². The number of aliphatic hydroxyl groups excluding tert-OH is 2. The van der Waals surface area contributed by atoms with Crippen LogP contribution in [0.3, 0.4) is 0 Å². The average molecular weight is 1100 g/mol. The van der Waals surface area contributed by atoms with E-state index in [9.17, 15) is 15.0 Å². The van der Waals surface area contributed by atoms with E-state index in [0.717, 1.165) is 98.6 Å². The van der Waals surface area contributed by atoms with Crippen molar-refractivity contribution in [2.24, 2.45) is 22.9 Å². The Labute approximate surface area is 479 Å². The van der Waals surface area contributed by atoms with Crippen LogP contribution in [-0.2, 0) is 27.5 Å². The molecule has 13 heteroatoms. The van der Waals surface area contributed by atoms with Crippen LogP contribution < -0.4 is 24.3 Å². The Morgan fingerprint density at radius 3 is 2.08 bits per heavy atom. The van der Waals surface area contributed by atoms with Gasteiger partial charge in [0.1, 0.15) is 24.1 Å². The predicted octanol–water partition coefficient (Wildman–Crippen LogP) is 15.2. The Morgan fingerprint density at radius 2 is 1.39 bits per heavy atom. The lowest BCUT2D eigenvalue weighted by atomic mass is 9.55. The number of benzene rings is 3. The van der Waals surface area contributed by atoms with Crippen LogP contribution in [0.15, 0.2) is 96.2 Å². The van der Waals surface area contributed by atoms with E-state index in [2.05, 4.69) is 31.8 Å². The van der Waals surface area contributed by atoms with Gasteiger partial charge in [0.05, 0.1) is 18.2 Å². The molecule has 3 N–H and O–H groups in total. The Bertz CT molecular complexity index is 2390. The lowest BCUT2D eigenvalue weighted by molar-refractivity contribution is -0.258. The first kappa shape index (κ1) is 62.2. The average Bonchev–Trinajstić information content (AvgIpc) is 4.05. The van der Waals surface area contributed by atoms with Crippen LogP contribution in [0.5, 0.6) is 23.0 Å². The summed E-state index contributed by atoms with van der Waals surface area (Å²) in [7, 11) is 0. The SMILES string of the molecule is C=CCO[C@@]12Oc3ccc(OC(=O)NCCCCCCCCCCCC)cc3[C@H]3[C@H](CCCCO)[C@@H](CCCCO)C=C(C(=NOCc4ccccc4)C[C@@H]1N(Cc1ccc4c(c1)OCO4)C(=O)CCCCCCCCCCC)[C@H]32. The minimum atomic E-state index is -1.46. The maximum Gasteiger partial charge on any atom is 0.412 e. The number of carbonyl (C=O) groups is 2. The van der Waals surface area contributed by atoms with E-state index < -0.39 is 23.8 Å². The van der Waals surface area contributed by atoms with Gasteiger partial charge in [-0.05, 0) is 97.4 Å². The summed E-state index contributed by atoms with van der Waals surface area (Å²) in [5, 5.41) is 28.4. The minimum absolute atomic E-state index is 0.00557. The van der Waals surface area contributed by atoms with Gasteiger partial charge in [-0.2, -0.15) is 0 Å². The number of allylic oxidation sites excluding steroid dienone is 1. The smallest absolute Gasteiger partial charge is 0.412 e. The van der Waals surface area contributed by atoms with Gasteiger partial charge in [0.25, 0.3) is 0 Å². The van der Waals surface area contributed by atoms with Crippen molar-refractivity contribution in [3.8, 4) is 23.0 Å².